The van der Waals surface area contributed by atoms with Crippen molar-refractivity contribution in [2.24, 2.45) is 11.3 Å². The molecule has 0 spiro atoms. The van der Waals surface area contributed by atoms with Gasteiger partial charge in [-0.05, 0) is 30.6 Å². The number of rotatable bonds is 5. The van der Waals surface area contributed by atoms with Crippen LogP contribution in [0.4, 0.5) is 0 Å². The average molecular weight is 175 g/mol. The highest BCUT2D eigenvalue weighted by Crippen LogP contribution is 2.51. The molecule has 0 N–H and O–H groups in total. The van der Waals surface area contributed by atoms with Gasteiger partial charge in [0.25, 0.3) is 0 Å². The summed E-state index contributed by atoms with van der Waals surface area (Å²) in [4.78, 5) is 0. The van der Waals surface area contributed by atoms with E-state index in [1.165, 1.54) is 32.1 Å². The lowest BCUT2D eigenvalue weighted by Crippen LogP contribution is -2.08. The number of halogens is 1. The Kier molecular flexibility index (Phi) is 3.24. The molecule has 0 heterocycles. The van der Waals surface area contributed by atoms with E-state index in [0.717, 1.165) is 11.8 Å². The highest BCUT2D eigenvalue weighted by Gasteiger charge is 2.42. The molecule has 1 aliphatic rings. The van der Waals surface area contributed by atoms with Crippen molar-refractivity contribution >= 4 is 11.6 Å². The number of hydrogen-bond donors (Lipinski definition) is 0. The van der Waals surface area contributed by atoms with E-state index in [9.17, 15) is 0 Å². The summed E-state index contributed by atoms with van der Waals surface area (Å²) >= 11 is 5.90. The summed E-state index contributed by atoms with van der Waals surface area (Å²) in [5.41, 5.74) is 0.580. The van der Waals surface area contributed by atoms with Crippen LogP contribution in [0.1, 0.15) is 46.0 Å². The molecule has 66 valence electrons. The Balaban J connectivity index is 2.18. The predicted octanol–water partition coefficient (Wildman–Crippen LogP) is 3.83. The minimum absolute atomic E-state index is 0.580. The molecule has 0 amide bonds. The first-order valence-corrected chi connectivity index (χ1v) is 5.32. The molecule has 1 aliphatic carbocycles. The Bertz CT molecular complexity index is 116. The third-order valence-corrected chi connectivity index (χ3v) is 3.37. The van der Waals surface area contributed by atoms with Gasteiger partial charge in [0.1, 0.15) is 0 Å². The summed E-state index contributed by atoms with van der Waals surface area (Å²) in [5.74, 6) is 1.78. The molecule has 11 heavy (non-hydrogen) atoms. The zero-order valence-electron chi connectivity index (χ0n) is 7.70. The van der Waals surface area contributed by atoms with Gasteiger partial charge in [-0.1, -0.05) is 26.7 Å². The molecule has 0 aromatic rings. The highest BCUT2D eigenvalue weighted by atomic mass is 35.5. The third-order valence-electron chi connectivity index (χ3n) is 2.80. The van der Waals surface area contributed by atoms with Crippen molar-refractivity contribution in [3.63, 3.8) is 0 Å². The van der Waals surface area contributed by atoms with Crippen LogP contribution in [0.2, 0.25) is 0 Å². The molecule has 0 aliphatic heterocycles. The van der Waals surface area contributed by atoms with Gasteiger partial charge in [0, 0.05) is 5.88 Å². The van der Waals surface area contributed by atoms with E-state index < -0.39 is 0 Å². The van der Waals surface area contributed by atoms with Gasteiger partial charge in [-0.15, -0.1) is 11.6 Å². The van der Waals surface area contributed by atoms with Crippen molar-refractivity contribution in [3.8, 4) is 0 Å². The van der Waals surface area contributed by atoms with E-state index in [4.69, 9.17) is 11.6 Å². The lowest BCUT2D eigenvalue weighted by Gasteiger charge is -2.16. The SMILES string of the molecule is CCCC(C)CC1(CCl)CC1. The monoisotopic (exact) mass is 174 g/mol. The van der Waals surface area contributed by atoms with Crippen molar-refractivity contribution in [3.05, 3.63) is 0 Å². The molecule has 1 atom stereocenters. The van der Waals surface area contributed by atoms with E-state index >= 15 is 0 Å². The van der Waals surface area contributed by atoms with Crippen LogP contribution in [0.3, 0.4) is 0 Å². The molecule has 1 rings (SSSR count). The fourth-order valence-corrected chi connectivity index (χ4v) is 2.28. The molecule has 0 aromatic carbocycles. The molecule has 0 saturated heterocycles. The molecule has 1 saturated carbocycles. The molecular weight excluding hydrogens is 156 g/mol. The van der Waals surface area contributed by atoms with E-state index in [0.29, 0.717) is 5.41 Å². The van der Waals surface area contributed by atoms with Gasteiger partial charge >= 0.3 is 0 Å². The normalized spacial score (nSPS) is 23.2. The third kappa shape index (κ3) is 2.66. The largest absolute Gasteiger partial charge is 0.126 e. The second kappa shape index (κ2) is 3.80. The molecule has 0 bridgehead atoms. The van der Waals surface area contributed by atoms with Crippen LogP contribution in [0.15, 0.2) is 0 Å². The number of hydrogen-bond acceptors (Lipinski definition) is 0. The van der Waals surface area contributed by atoms with Gasteiger partial charge < -0.3 is 0 Å². The van der Waals surface area contributed by atoms with Crippen molar-refractivity contribution in [2.75, 3.05) is 5.88 Å². The molecule has 0 radical (unpaired) electrons. The van der Waals surface area contributed by atoms with Crippen LogP contribution >= 0.6 is 11.6 Å². The van der Waals surface area contributed by atoms with Crippen LogP contribution in [-0.4, -0.2) is 5.88 Å². The van der Waals surface area contributed by atoms with Gasteiger partial charge in [0.05, 0.1) is 0 Å². The minimum Gasteiger partial charge on any atom is -0.126 e. The lowest BCUT2D eigenvalue weighted by molar-refractivity contribution is 0.380. The molecule has 0 aromatic heterocycles. The molecule has 1 fully saturated rings. The van der Waals surface area contributed by atoms with Gasteiger partial charge in [-0.3, -0.25) is 0 Å². The lowest BCUT2D eigenvalue weighted by atomic mass is 9.92. The smallest absolute Gasteiger partial charge is 0.0280 e. The average Bonchev–Trinajstić information content (AvgIpc) is 2.70. The van der Waals surface area contributed by atoms with E-state index in [1.807, 2.05) is 0 Å². The fourth-order valence-electron chi connectivity index (χ4n) is 1.90. The van der Waals surface area contributed by atoms with Crippen LogP contribution in [0.5, 0.6) is 0 Å². The Morgan fingerprint density at radius 1 is 1.45 bits per heavy atom. The Hall–Kier alpha value is 0.290. The van der Waals surface area contributed by atoms with E-state index in [-0.39, 0.29) is 0 Å². The van der Waals surface area contributed by atoms with Crippen molar-refractivity contribution < 1.29 is 0 Å². The van der Waals surface area contributed by atoms with Crippen molar-refractivity contribution in [2.45, 2.75) is 46.0 Å². The summed E-state index contributed by atoms with van der Waals surface area (Å²) in [6.45, 7) is 4.62. The Morgan fingerprint density at radius 3 is 2.45 bits per heavy atom. The van der Waals surface area contributed by atoms with Crippen LogP contribution in [0.25, 0.3) is 0 Å². The zero-order chi connectivity index (χ0) is 8.32. The Labute approximate surface area is 75.3 Å². The summed E-state index contributed by atoms with van der Waals surface area (Å²) < 4.78 is 0. The second-order valence-electron chi connectivity index (χ2n) is 4.23. The van der Waals surface area contributed by atoms with Crippen LogP contribution in [0, 0.1) is 11.3 Å². The van der Waals surface area contributed by atoms with Crippen molar-refractivity contribution in [1.82, 2.24) is 0 Å². The van der Waals surface area contributed by atoms with E-state index in [2.05, 4.69) is 13.8 Å². The first kappa shape index (κ1) is 9.38. The van der Waals surface area contributed by atoms with Gasteiger partial charge in [0.2, 0.25) is 0 Å². The zero-order valence-corrected chi connectivity index (χ0v) is 8.45. The van der Waals surface area contributed by atoms with Crippen molar-refractivity contribution in [1.29, 1.82) is 0 Å². The maximum Gasteiger partial charge on any atom is 0.0280 e. The van der Waals surface area contributed by atoms with Gasteiger partial charge in [-0.25, -0.2) is 0 Å². The summed E-state index contributed by atoms with van der Waals surface area (Å²) in [7, 11) is 0. The Morgan fingerprint density at radius 2 is 2.09 bits per heavy atom. The standard InChI is InChI=1S/C10H19Cl/c1-3-4-9(2)7-10(8-11)5-6-10/h9H,3-8H2,1-2H3. The fraction of sp³-hybridized carbons (Fsp3) is 1.00. The highest BCUT2D eigenvalue weighted by molar-refractivity contribution is 6.18. The predicted molar refractivity (Wildman–Crippen MR) is 51.1 cm³/mol. The minimum atomic E-state index is 0.580. The molecular formula is C10H19Cl. The molecule has 1 heteroatoms. The van der Waals surface area contributed by atoms with Gasteiger partial charge in [0.15, 0.2) is 0 Å². The maximum atomic E-state index is 5.90. The van der Waals surface area contributed by atoms with Crippen LogP contribution in [-0.2, 0) is 0 Å². The van der Waals surface area contributed by atoms with Crippen LogP contribution < -0.4 is 0 Å². The summed E-state index contributed by atoms with van der Waals surface area (Å²) in [5, 5.41) is 0. The summed E-state index contributed by atoms with van der Waals surface area (Å²) in [6, 6.07) is 0. The topological polar surface area (TPSA) is 0 Å². The quantitative estimate of drug-likeness (QED) is 0.556. The summed E-state index contributed by atoms with van der Waals surface area (Å²) in [6.07, 6.45) is 6.82. The second-order valence-corrected chi connectivity index (χ2v) is 4.50. The molecule has 1 unspecified atom stereocenters. The maximum absolute atomic E-state index is 5.90. The first-order chi connectivity index (χ1) is 5.22. The van der Waals surface area contributed by atoms with Gasteiger partial charge in [-0.2, -0.15) is 0 Å². The number of alkyl halides is 1. The molecule has 0 nitrogen and oxygen atoms in total. The first-order valence-electron chi connectivity index (χ1n) is 4.78. The van der Waals surface area contributed by atoms with E-state index in [1.54, 1.807) is 0 Å².